The molecule has 0 radical (unpaired) electrons. The number of sulfonamides is 1. The van der Waals surface area contributed by atoms with Crippen LogP contribution in [0.25, 0.3) is 0 Å². The highest BCUT2D eigenvalue weighted by molar-refractivity contribution is 7.89. The van der Waals surface area contributed by atoms with Crippen LogP contribution >= 0.6 is 24.0 Å². The van der Waals surface area contributed by atoms with Crippen LogP contribution in [-0.2, 0) is 14.8 Å². The van der Waals surface area contributed by atoms with Gasteiger partial charge in [0.2, 0.25) is 15.9 Å². The van der Waals surface area contributed by atoms with E-state index in [9.17, 15) is 13.2 Å². The van der Waals surface area contributed by atoms with Gasteiger partial charge >= 0.3 is 0 Å². The Balaban J connectivity index is 0.00000225. The van der Waals surface area contributed by atoms with Gasteiger partial charge in [-0.3, -0.25) is 4.79 Å². The van der Waals surface area contributed by atoms with Crippen LogP contribution in [0.3, 0.4) is 0 Å². The van der Waals surface area contributed by atoms with E-state index in [1.54, 1.807) is 11.8 Å². The van der Waals surface area contributed by atoms with Crippen molar-refractivity contribution in [2.24, 2.45) is 17.6 Å². The number of amides is 1. The Kier molecular flexibility index (Phi) is 6.38. The zero-order valence-corrected chi connectivity index (χ0v) is 16.3. The van der Waals surface area contributed by atoms with Gasteiger partial charge in [-0.05, 0) is 55.9 Å². The molecular weight excluding hydrogens is 385 g/mol. The van der Waals surface area contributed by atoms with E-state index in [4.69, 9.17) is 17.3 Å². The van der Waals surface area contributed by atoms with Gasteiger partial charge in [0.05, 0.1) is 10.9 Å². The maximum atomic E-state index is 12.6. The predicted molar refractivity (Wildman–Crippen MR) is 99.3 cm³/mol. The number of likely N-dealkylation sites (tertiary alicyclic amines) is 1. The molecule has 2 aliphatic rings. The molecule has 1 aliphatic heterocycles. The van der Waals surface area contributed by atoms with Crippen molar-refractivity contribution in [3.8, 4) is 0 Å². The van der Waals surface area contributed by atoms with Crippen molar-refractivity contribution in [1.82, 2.24) is 9.62 Å². The summed E-state index contributed by atoms with van der Waals surface area (Å²) in [7, 11) is -3.76. The minimum Gasteiger partial charge on any atom is -0.341 e. The first kappa shape index (κ1) is 20.5. The molecule has 1 amide bonds. The Morgan fingerprint density at radius 2 is 1.92 bits per heavy atom. The van der Waals surface area contributed by atoms with Crippen molar-refractivity contribution in [2.45, 2.75) is 36.7 Å². The van der Waals surface area contributed by atoms with Crippen LogP contribution in [-0.4, -0.2) is 44.4 Å². The summed E-state index contributed by atoms with van der Waals surface area (Å²) in [5.74, 6) is 0.590. The van der Waals surface area contributed by atoms with E-state index < -0.39 is 16.1 Å². The standard InChI is InChI=1S/C16H22ClN3O3S.ClH/c1-10(19-24(22,23)13-5-3-12(17)4-6-13)16(21)20-8-11-2-7-15(18)14(11)9-20;/h3-6,10-11,14-15,19H,2,7-9,18H2,1H3;1H. The van der Waals surface area contributed by atoms with E-state index in [-0.39, 0.29) is 29.3 Å². The molecule has 2 fully saturated rings. The molecule has 3 rings (SSSR count). The molecular formula is C16H23Cl2N3O3S. The van der Waals surface area contributed by atoms with Crippen molar-refractivity contribution in [1.29, 1.82) is 0 Å². The largest absolute Gasteiger partial charge is 0.341 e. The minimum atomic E-state index is -3.76. The molecule has 4 unspecified atom stereocenters. The number of halogens is 2. The molecule has 1 aromatic rings. The Morgan fingerprint density at radius 3 is 2.52 bits per heavy atom. The lowest BCUT2D eigenvalue weighted by molar-refractivity contribution is -0.131. The van der Waals surface area contributed by atoms with Crippen molar-refractivity contribution < 1.29 is 13.2 Å². The number of benzene rings is 1. The Morgan fingerprint density at radius 1 is 1.28 bits per heavy atom. The number of nitrogens with two attached hydrogens (primary N) is 1. The van der Waals surface area contributed by atoms with Crippen molar-refractivity contribution in [3.63, 3.8) is 0 Å². The van der Waals surface area contributed by atoms with Gasteiger partial charge in [0.15, 0.2) is 0 Å². The number of hydrogen-bond acceptors (Lipinski definition) is 4. The number of nitrogens with zero attached hydrogens (tertiary/aromatic N) is 1. The molecule has 9 heteroatoms. The molecule has 4 atom stereocenters. The number of hydrogen-bond donors (Lipinski definition) is 2. The van der Waals surface area contributed by atoms with E-state index in [0.717, 1.165) is 12.8 Å². The first-order valence-electron chi connectivity index (χ1n) is 8.10. The molecule has 1 saturated heterocycles. The third-order valence-electron chi connectivity index (χ3n) is 5.05. The second-order valence-electron chi connectivity index (χ2n) is 6.71. The van der Waals surface area contributed by atoms with Crippen LogP contribution in [0.1, 0.15) is 19.8 Å². The average molecular weight is 408 g/mol. The Bertz CT molecular complexity index is 727. The van der Waals surface area contributed by atoms with Crippen molar-refractivity contribution >= 4 is 39.9 Å². The maximum Gasteiger partial charge on any atom is 0.241 e. The molecule has 140 valence electrons. The summed E-state index contributed by atoms with van der Waals surface area (Å²) < 4.78 is 27.2. The van der Waals surface area contributed by atoms with Crippen molar-refractivity contribution in [2.75, 3.05) is 13.1 Å². The third-order valence-corrected chi connectivity index (χ3v) is 6.86. The molecule has 25 heavy (non-hydrogen) atoms. The number of fused-ring (bicyclic) bond motifs is 1. The highest BCUT2D eigenvalue weighted by atomic mass is 35.5. The monoisotopic (exact) mass is 407 g/mol. The minimum absolute atomic E-state index is 0. The molecule has 0 spiro atoms. The Labute approximate surface area is 159 Å². The third kappa shape index (κ3) is 4.28. The first-order valence-corrected chi connectivity index (χ1v) is 9.96. The van der Waals surface area contributed by atoms with Crippen LogP contribution in [0.2, 0.25) is 5.02 Å². The van der Waals surface area contributed by atoms with Gasteiger partial charge in [0.25, 0.3) is 0 Å². The van der Waals surface area contributed by atoms with E-state index in [0.29, 0.717) is 29.9 Å². The van der Waals surface area contributed by atoms with Crippen LogP contribution in [0.5, 0.6) is 0 Å². The zero-order chi connectivity index (χ0) is 17.5. The molecule has 1 saturated carbocycles. The predicted octanol–water partition coefficient (Wildman–Crippen LogP) is 1.62. The van der Waals surface area contributed by atoms with Crippen LogP contribution in [0.4, 0.5) is 0 Å². The summed E-state index contributed by atoms with van der Waals surface area (Å²) in [5.41, 5.74) is 6.09. The summed E-state index contributed by atoms with van der Waals surface area (Å²) in [5, 5.41) is 0.457. The van der Waals surface area contributed by atoms with Gasteiger partial charge in [-0.2, -0.15) is 4.72 Å². The Hall–Kier alpha value is -0.860. The van der Waals surface area contributed by atoms with Gasteiger partial charge in [-0.15, -0.1) is 12.4 Å². The lowest BCUT2D eigenvalue weighted by atomic mass is 9.98. The van der Waals surface area contributed by atoms with E-state index in [1.165, 1.54) is 24.3 Å². The quantitative estimate of drug-likeness (QED) is 0.792. The smallest absolute Gasteiger partial charge is 0.241 e. The normalized spacial score (nSPS) is 26.8. The summed E-state index contributed by atoms with van der Waals surface area (Å²) in [4.78, 5) is 14.4. The first-order chi connectivity index (χ1) is 11.3. The van der Waals surface area contributed by atoms with Gasteiger partial charge in [0.1, 0.15) is 0 Å². The fourth-order valence-electron chi connectivity index (χ4n) is 3.73. The molecule has 1 aromatic carbocycles. The van der Waals surface area contributed by atoms with Crippen molar-refractivity contribution in [3.05, 3.63) is 29.3 Å². The SMILES string of the molecule is CC(NS(=O)(=O)c1ccc(Cl)cc1)C(=O)N1CC2CCC(N)C2C1.Cl. The molecule has 1 aliphatic carbocycles. The highest BCUT2D eigenvalue weighted by Crippen LogP contribution is 2.37. The average Bonchev–Trinajstić information content (AvgIpc) is 3.09. The summed E-state index contributed by atoms with van der Waals surface area (Å²) in [6.45, 7) is 2.87. The number of nitrogens with one attached hydrogen (secondary N) is 1. The number of carbonyl (C=O) groups is 1. The maximum absolute atomic E-state index is 12.6. The molecule has 0 aromatic heterocycles. The van der Waals surface area contributed by atoms with E-state index >= 15 is 0 Å². The van der Waals surface area contributed by atoms with Gasteiger partial charge in [-0.1, -0.05) is 11.6 Å². The van der Waals surface area contributed by atoms with Gasteiger partial charge < -0.3 is 10.6 Å². The summed E-state index contributed by atoms with van der Waals surface area (Å²) in [6, 6.07) is 5.18. The fourth-order valence-corrected chi connectivity index (χ4v) is 5.05. The van der Waals surface area contributed by atoms with Crippen LogP contribution < -0.4 is 10.5 Å². The second kappa shape index (κ2) is 7.80. The molecule has 0 bridgehead atoms. The summed E-state index contributed by atoms with van der Waals surface area (Å²) >= 11 is 5.78. The van der Waals surface area contributed by atoms with Crippen LogP contribution in [0, 0.1) is 11.8 Å². The molecule has 6 nitrogen and oxygen atoms in total. The summed E-state index contributed by atoms with van der Waals surface area (Å²) in [6.07, 6.45) is 2.05. The number of rotatable bonds is 4. The zero-order valence-electron chi connectivity index (χ0n) is 13.9. The van der Waals surface area contributed by atoms with E-state index in [2.05, 4.69) is 4.72 Å². The van der Waals surface area contributed by atoms with Gasteiger partial charge in [-0.25, -0.2) is 8.42 Å². The lowest BCUT2D eigenvalue weighted by Gasteiger charge is -2.23. The lowest BCUT2D eigenvalue weighted by Crippen LogP contribution is -2.46. The fraction of sp³-hybridized carbons (Fsp3) is 0.562. The van der Waals surface area contributed by atoms with Crippen LogP contribution in [0.15, 0.2) is 29.2 Å². The number of carbonyl (C=O) groups excluding carboxylic acids is 1. The highest BCUT2D eigenvalue weighted by Gasteiger charge is 2.43. The topological polar surface area (TPSA) is 92.5 Å². The van der Waals surface area contributed by atoms with Gasteiger partial charge in [0, 0.05) is 24.2 Å². The van der Waals surface area contributed by atoms with E-state index in [1.807, 2.05) is 0 Å². The molecule has 1 heterocycles. The molecule has 3 N–H and O–H groups in total. The second-order valence-corrected chi connectivity index (χ2v) is 8.86.